The van der Waals surface area contributed by atoms with Gasteiger partial charge in [0.15, 0.2) is 12.9 Å². The molecule has 0 bridgehead atoms. The minimum Gasteiger partial charge on any atom is -0.478 e. The number of carbonyl (C=O) groups is 1. The molecule has 1 aromatic rings. The minimum atomic E-state index is -0.949. The second kappa shape index (κ2) is 4.40. The van der Waals surface area contributed by atoms with Crippen LogP contribution < -0.4 is 9.47 Å². The number of carboxylic acid groups (broad SMARTS) is 1. The maximum Gasteiger partial charge on any atom is 0.345 e. The standard InChI is InChI=1S/C11H12O5/c1-14-6-15-8-3-2-7-4-10(11(12)13)16-9(7)5-8/h2-3,5,10H,4,6H2,1H3,(H,12,13). The molecule has 1 atom stereocenters. The smallest absolute Gasteiger partial charge is 0.345 e. The molecule has 0 saturated heterocycles. The summed E-state index contributed by atoms with van der Waals surface area (Å²) < 4.78 is 15.3. The van der Waals surface area contributed by atoms with E-state index in [4.69, 9.17) is 19.3 Å². The van der Waals surface area contributed by atoms with Gasteiger partial charge in [0.1, 0.15) is 11.5 Å². The highest BCUT2D eigenvalue weighted by atomic mass is 16.7. The van der Waals surface area contributed by atoms with E-state index >= 15 is 0 Å². The molecular weight excluding hydrogens is 212 g/mol. The summed E-state index contributed by atoms with van der Waals surface area (Å²) in [6.45, 7) is 0.154. The first-order chi connectivity index (χ1) is 7.70. The lowest BCUT2D eigenvalue weighted by atomic mass is 10.1. The van der Waals surface area contributed by atoms with Gasteiger partial charge in [-0.05, 0) is 11.6 Å². The average molecular weight is 224 g/mol. The lowest BCUT2D eigenvalue weighted by molar-refractivity contribution is -0.144. The van der Waals surface area contributed by atoms with Crippen LogP contribution in [0.25, 0.3) is 0 Å². The molecule has 0 aliphatic carbocycles. The molecule has 1 aromatic carbocycles. The fourth-order valence-corrected chi connectivity index (χ4v) is 1.56. The van der Waals surface area contributed by atoms with Gasteiger partial charge in [-0.25, -0.2) is 4.79 Å². The van der Waals surface area contributed by atoms with E-state index < -0.39 is 12.1 Å². The monoisotopic (exact) mass is 224 g/mol. The molecule has 0 saturated carbocycles. The Kier molecular flexibility index (Phi) is 2.96. The van der Waals surface area contributed by atoms with Crippen molar-refractivity contribution in [3.8, 4) is 11.5 Å². The molecule has 1 unspecified atom stereocenters. The van der Waals surface area contributed by atoms with Crippen molar-refractivity contribution in [2.45, 2.75) is 12.5 Å². The van der Waals surface area contributed by atoms with Crippen LogP contribution in [0.5, 0.6) is 11.5 Å². The second-order valence-corrected chi connectivity index (χ2v) is 3.47. The van der Waals surface area contributed by atoms with Crippen molar-refractivity contribution in [1.29, 1.82) is 0 Å². The molecule has 0 fully saturated rings. The van der Waals surface area contributed by atoms with E-state index in [1.807, 2.05) is 6.07 Å². The van der Waals surface area contributed by atoms with Gasteiger partial charge >= 0.3 is 5.97 Å². The molecule has 86 valence electrons. The Morgan fingerprint density at radius 1 is 1.62 bits per heavy atom. The first-order valence-electron chi connectivity index (χ1n) is 4.85. The van der Waals surface area contributed by atoms with Gasteiger partial charge in [0, 0.05) is 19.6 Å². The zero-order chi connectivity index (χ0) is 11.5. The second-order valence-electron chi connectivity index (χ2n) is 3.47. The summed E-state index contributed by atoms with van der Waals surface area (Å²) in [6, 6.07) is 5.26. The van der Waals surface area contributed by atoms with E-state index in [9.17, 15) is 4.79 Å². The zero-order valence-electron chi connectivity index (χ0n) is 8.80. The quantitative estimate of drug-likeness (QED) is 0.774. The Morgan fingerprint density at radius 2 is 2.44 bits per heavy atom. The van der Waals surface area contributed by atoms with Gasteiger partial charge in [0.05, 0.1) is 0 Å². The molecule has 0 amide bonds. The van der Waals surface area contributed by atoms with Gasteiger partial charge in [-0.1, -0.05) is 6.07 Å². The molecule has 1 N–H and O–H groups in total. The Morgan fingerprint density at radius 3 is 3.12 bits per heavy atom. The number of methoxy groups -OCH3 is 1. The number of ether oxygens (including phenoxy) is 3. The Bertz CT molecular complexity index is 401. The fourth-order valence-electron chi connectivity index (χ4n) is 1.56. The minimum absolute atomic E-state index is 0.154. The number of fused-ring (bicyclic) bond motifs is 1. The van der Waals surface area contributed by atoms with Crippen molar-refractivity contribution in [3.05, 3.63) is 23.8 Å². The number of hydrogen-bond acceptors (Lipinski definition) is 4. The van der Waals surface area contributed by atoms with Crippen molar-refractivity contribution in [2.24, 2.45) is 0 Å². The van der Waals surface area contributed by atoms with E-state index in [0.29, 0.717) is 17.9 Å². The maximum atomic E-state index is 10.8. The first-order valence-corrected chi connectivity index (χ1v) is 4.85. The van der Waals surface area contributed by atoms with Crippen molar-refractivity contribution in [1.82, 2.24) is 0 Å². The predicted molar refractivity (Wildman–Crippen MR) is 54.7 cm³/mol. The molecule has 5 nitrogen and oxygen atoms in total. The summed E-state index contributed by atoms with van der Waals surface area (Å²) >= 11 is 0. The van der Waals surface area contributed by atoms with E-state index in [-0.39, 0.29) is 6.79 Å². The topological polar surface area (TPSA) is 65.0 Å². The van der Waals surface area contributed by atoms with Crippen LogP contribution in [-0.4, -0.2) is 31.1 Å². The highest BCUT2D eigenvalue weighted by Gasteiger charge is 2.28. The number of aliphatic carboxylic acids is 1. The van der Waals surface area contributed by atoms with Crippen molar-refractivity contribution in [2.75, 3.05) is 13.9 Å². The summed E-state index contributed by atoms with van der Waals surface area (Å²) in [5, 5.41) is 8.82. The van der Waals surface area contributed by atoms with Crippen LogP contribution in [0.1, 0.15) is 5.56 Å². The molecule has 5 heteroatoms. The summed E-state index contributed by atoms with van der Waals surface area (Å²) in [6.07, 6.45) is -0.387. The van der Waals surface area contributed by atoms with Crippen LogP contribution >= 0.6 is 0 Å². The van der Waals surface area contributed by atoms with Crippen LogP contribution in [0.2, 0.25) is 0 Å². The molecule has 1 heterocycles. The van der Waals surface area contributed by atoms with Gasteiger partial charge in [-0.3, -0.25) is 0 Å². The zero-order valence-corrected chi connectivity index (χ0v) is 8.80. The van der Waals surface area contributed by atoms with Gasteiger partial charge < -0.3 is 19.3 Å². The van der Waals surface area contributed by atoms with Crippen LogP contribution in [0.4, 0.5) is 0 Å². The van der Waals surface area contributed by atoms with Crippen molar-refractivity contribution in [3.63, 3.8) is 0 Å². The maximum absolute atomic E-state index is 10.8. The van der Waals surface area contributed by atoms with Crippen LogP contribution in [0.3, 0.4) is 0 Å². The number of hydrogen-bond donors (Lipinski definition) is 1. The molecule has 0 spiro atoms. The number of rotatable bonds is 4. The summed E-state index contributed by atoms with van der Waals surface area (Å²) in [4.78, 5) is 10.8. The van der Waals surface area contributed by atoms with Gasteiger partial charge in [-0.15, -0.1) is 0 Å². The van der Waals surface area contributed by atoms with E-state index in [1.54, 1.807) is 12.1 Å². The van der Waals surface area contributed by atoms with E-state index in [0.717, 1.165) is 5.56 Å². The van der Waals surface area contributed by atoms with Crippen molar-refractivity contribution >= 4 is 5.97 Å². The third kappa shape index (κ3) is 2.09. The van der Waals surface area contributed by atoms with Crippen LogP contribution in [0.15, 0.2) is 18.2 Å². The predicted octanol–water partition coefficient (Wildman–Crippen LogP) is 1.06. The fraction of sp³-hybridized carbons (Fsp3) is 0.364. The molecule has 0 radical (unpaired) electrons. The largest absolute Gasteiger partial charge is 0.478 e. The SMILES string of the molecule is COCOc1ccc2c(c1)OC(C(=O)O)C2. The highest BCUT2D eigenvalue weighted by molar-refractivity contribution is 5.74. The Hall–Kier alpha value is -1.75. The first kappa shape index (κ1) is 10.8. The van der Waals surface area contributed by atoms with E-state index in [2.05, 4.69) is 0 Å². The lowest BCUT2D eigenvalue weighted by Crippen LogP contribution is -2.24. The Balaban J connectivity index is 2.11. The molecule has 1 aliphatic heterocycles. The summed E-state index contributed by atoms with van der Waals surface area (Å²) in [7, 11) is 1.53. The van der Waals surface area contributed by atoms with Gasteiger partial charge in [0.25, 0.3) is 0 Å². The van der Waals surface area contributed by atoms with E-state index in [1.165, 1.54) is 7.11 Å². The third-order valence-electron chi connectivity index (χ3n) is 2.33. The van der Waals surface area contributed by atoms with Crippen LogP contribution in [-0.2, 0) is 16.0 Å². The van der Waals surface area contributed by atoms with Crippen molar-refractivity contribution < 1.29 is 24.1 Å². The molecular formula is C11H12O5. The number of benzene rings is 1. The summed E-state index contributed by atoms with van der Waals surface area (Å²) in [5.41, 5.74) is 0.886. The van der Waals surface area contributed by atoms with Crippen LogP contribution in [0, 0.1) is 0 Å². The molecule has 0 aromatic heterocycles. The third-order valence-corrected chi connectivity index (χ3v) is 2.33. The molecule has 2 rings (SSSR count). The number of carboxylic acids is 1. The van der Waals surface area contributed by atoms with Gasteiger partial charge in [-0.2, -0.15) is 0 Å². The highest BCUT2D eigenvalue weighted by Crippen LogP contribution is 2.32. The average Bonchev–Trinajstić information content (AvgIpc) is 2.69. The Labute approximate surface area is 92.5 Å². The molecule has 16 heavy (non-hydrogen) atoms. The lowest BCUT2D eigenvalue weighted by Gasteiger charge is -2.06. The summed E-state index contributed by atoms with van der Waals surface area (Å²) in [5.74, 6) is 0.225. The van der Waals surface area contributed by atoms with Gasteiger partial charge in [0.2, 0.25) is 0 Å². The normalized spacial score (nSPS) is 17.7. The molecule has 1 aliphatic rings.